The average molecular weight is 322 g/mol. The van der Waals surface area contributed by atoms with Crippen molar-refractivity contribution in [3.05, 3.63) is 83.7 Å². The van der Waals surface area contributed by atoms with E-state index in [2.05, 4.69) is 0 Å². The Kier molecular flexibility index (Phi) is 4.38. The Labute approximate surface area is 138 Å². The molecule has 0 heterocycles. The number of Topliss-reactive ketones (excluding diaryl/α,β-unsaturated/α-hetero) is 1. The van der Waals surface area contributed by atoms with Gasteiger partial charge in [0.05, 0.1) is 5.56 Å². The van der Waals surface area contributed by atoms with E-state index in [9.17, 15) is 14.0 Å². The molecular formula is C20H15FO3. The van der Waals surface area contributed by atoms with E-state index in [0.717, 1.165) is 10.8 Å². The van der Waals surface area contributed by atoms with Crippen molar-refractivity contribution >= 4 is 22.5 Å². The minimum atomic E-state index is -0.950. The van der Waals surface area contributed by atoms with Gasteiger partial charge in [-0.15, -0.1) is 0 Å². The van der Waals surface area contributed by atoms with Crippen LogP contribution in [0.3, 0.4) is 0 Å². The van der Waals surface area contributed by atoms with Crippen LogP contribution in [0, 0.1) is 5.82 Å². The molecule has 0 aromatic heterocycles. The largest absolute Gasteiger partial charge is 0.451 e. The molecule has 3 aromatic rings. The first kappa shape index (κ1) is 15.9. The van der Waals surface area contributed by atoms with Crippen molar-refractivity contribution in [2.75, 3.05) is 0 Å². The molecule has 120 valence electrons. The van der Waals surface area contributed by atoms with Crippen molar-refractivity contribution in [3.63, 3.8) is 0 Å². The molecule has 0 saturated heterocycles. The summed E-state index contributed by atoms with van der Waals surface area (Å²) < 4.78 is 18.2. The third-order valence-corrected chi connectivity index (χ3v) is 3.77. The van der Waals surface area contributed by atoms with E-state index in [0.29, 0.717) is 11.1 Å². The lowest BCUT2D eigenvalue weighted by Gasteiger charge is -2.12. The van der Waals surface area contributed by atoms with Gasteiger partial charge in [0.1, 0.15) is 5.82 Å². The molecule has 3 rings (SSSR count). The van der Waals surface area contributed by atoms with Crippen molar-refractivity contribution in [1.29, 1.82) is 0 Å². The number of ketones is 1. The van der Waals surface area contributed by atoms with Gasteiger partial charge in [-0.1, -0.05) is 30.3 Å². The number of fused-ring (bicyclic) bond motifs is 1. The Morgan fingerprint density at radius 3 is 2.21 bits per heavy atom. The fraction of sp³-hybridized carbons (Fsp3) is 0.100. The lowest BCUT2D eigenvalue weighted by atomic mass is 10.1. The molecular weight excluding hydrogens is 307 g/mol. The summed E-state index contributed by atoms with van der Waals surface area (Å²) in [6.45, 7) is 1.50. The second-order valence-corrected chi connectivity index (χ2v) is 5.48. The molecule has 3 nitrogen and oxygen atoms in total. The molecule has 0 fully saturated rings. The molecule has 0 unspecified atom stereocenters. The van der Waals surface area contributed by atoms with Crippen LogP contribution in [0.2, 0.25) is 0 Å². The van der Waals surface area contributed by atoms with Crippen molar-refractivity contribution in [2.45, 2.75) is 13.0 Å². The highest BCUT2D eigenvalue weighted by atomic mass is 19.1. The summed E-state index contributed by atoms with van der Waals surface area (Å²) in [6, 6.07) is 18.0. The highest BCUT2D eigenvalue weighted by Crippen LogP contribution is 2.17. The number of carbonyl (C=O) groups excluding carboxylic acids is 2. The van der Waals surface area contributed by atoms with Gasteiger partial charge in [0, 0.05) is 5.56 Å². The van der Waals surface area contributed by atoms with Crippen LogP contribution in [0.4, 0.5) is 4.39 Å². The smallest absolute Gasteiger partial charge is 0.338 e. The standard InChI is InChI=1S/C20H15FO3/c1-13(19(22)15-8-10-18(21)11-9-15)24-20(23)17-7-6-14-4-2-3-5-16(14)12-17/h2-13H,1H3/t13-/m1/s1. The van der Waals surface area contributed by atoms with Crippen molar-refractivity contribution in [3.8, 4) is 0 Å². The molecule has 3 aromatic carbocycles. The molecule has 24 heavy (non-hydrogen) atoms. The average Bonchev–Trinajstić information content (AvgIpc) is 2.61. The summed E-state index contributed by atoms with van der Waals surface area (Å²) in [4.78, 5) is 24.5. The predicted octanol–water partition coefficient (Wildman–Crippen LogP) is 4.41. The summed E-state index contributed by atoms with van der Waals surface area (Å²) >= 11 is 0. The van der Waals surface area contributed by atoms with E-state index in [-0.39, 0.29) is 5.78 Å². The summed E-state index contributed by atoms with van der Waals surface area (Å²) in [6.07, 6.45) is -0.950. The maximum Gasteiger partial charge on any atom is 0.338 e. The minimum Gasteiger partial charge on any atom is -0.451 e. The SMILES string of the molecule is C[C@@H](OC(=O)c1ccc2ccccc2c1)C(=O)c1ccc(F)cc1. The predicted molar refractivity (Wildman–Crippen MR) is 89.6 cm³/mol. The van der Waals surface area contributed by atoms with Crippen LogP contribution in [-0.4, -0.2) is 17.9 Å². The van der Waals surface area contributed by atoms with Crippen LogP contribution in [0.5, 0.6) is 0 Å². The Bertz CT molecular complexity index is 900. The van der Waals surface area contributed by atoms with Crippen molar-refractivity contribution in [2.24, 2.45) is 0 Å². The van der Waals surface area contributed by atoms with Gasteiger partial charge >= 0.3 is 5.97 Å². The molecule has 0 N–H and O–H groups in total. The first-order chi connectivity index (χ1) is 11.5. The van der Waals surface area contributed by atoms with E-state index in [1.54, 1.807) is 12.1 Å². The van der Waals surface area contributed by atoms with Gasteiger partial charge in [-0.25, -0.2) is 9.18 Å². The molecule has 0 saturated carbocycles. The fourth-order valence-electron chi connectivity index (χ4n) is 2.45. The van der Waals surface area contributed by atoms with Crippen LogP contribution in [0.1, 0.15) is 27.6 Å². The minimum absolute atomic E-state index is 0.301. The second-order valence-electron chi connectivity index (χ2n) is 5.48. The monoisotopic (exact) mass is 322 g/mol. The number of carbonyl (C=O) groups is 2. The van der Waals surface area contributed by atoms with Crippen LogP contribution in [-0.2, 0) is 4.74 Å². The Morgan fingerprint density at radius 2 is 1.50 bits per heavy atom. The molecule has 1 atom stereocenters. The van der Waals surface area contributed by atoms with Crippen LogP contribution >= 0.6 is 0 Å². The number of rotatable bonds is 4. The van der Waals surface area contributed by atoms with Gasteiger partial charge in [-0.05, 0) is 54.1 Å². The Hall–Kier alpha value is -3.01. The zero-order chi connectivity index (χ0) is 17.1. The lowest BCUT2D eigenvalue weighted by Crippen LogP contribution is -2.24. The zero-order valence-electron chi connectivity index (χ0n) is 13.0. The molecule has 0 aliphatic heterocycles. The van der Waals surface area contributed by atoms with Gasteiger partial charge < -0.3 is 4.74 Å². The first-order valence-electron chi connectivity index (χ1n) is 7.54. The van der Waals surface area contributed by atoms with Gasteiger partial charge in [0.15, 0.2) is 6.10 Å². The molecule has 0 aliphatic carbocycles. The van der Waals surface area contributed by atoms with Gasteiger partial charge in [0.25, 0.3) is 0 Å². The van der Waals surface area contributed by atoms with E-state index >= 15 is 0 Å². The Balaban J connectivity index is 1.75. The molecule has 0 aliphatic rings. The van der Waals surface area contributed by atoms with E-state index in [1.807, 2.05) is 30.3 Å². The maximum absolute atomic E-state index is 12.9. The van der Waals surface area contributed by atoms with Crippen LogP contribution in [0.25, 0.3) is 10.8 Å². The quantitative estimate of drug-likeness (QED) is 0.528. The Morgan fingerprint density at radius 1 is 0.875 bits per heavy atom. The summed E-state index contributed by atoms with van der Waals surface area (Å²) in [5.74, 6) is -1.36. The molecule has 0 amide bonds. The molecule has 4 heteroatoms. The fourth-order valence-corrected chi connectivity index (χ4v) is 2.45. The highest BCUT2D eigenvalue weighted by molar-refractivity contribution is 6.02. The second kappa shape index (κ2) is 6.62. The van der Waals surface area contributed by atoms with Crippen molar-refractivity contribution < 1.29 is 18.7 Å². The summed E-state index contributed by atoms with van der Waals surface area (Å²) in [7, 11) is 0. The van der Waals surface area contributed by atoms with Crippen LogP contribution in [0.15, 0.2) is 66.7 Å². The van der Waals surface area contributed by atoms with E-state index in [1.165, 1.54) is 31.2 Å². The van der Waals surface area contributed by atoms with Crippen molar-refractivity contribution in [1.82, 2.24) is 0 Å². The number of halogens is 1. The summed E-state index contributed by atoms with van der Waals surface area (Å²) in [5, 5.41) is 1.94. The van der Waals surface area contributed by atoms with Gasteiger partial charge in [-0.2, -0.15) is 0 Å². The highest BCUT2D eigenvalue weighted by Gasteiger charge is 2.20. The zero-order valence-corrected chi connectivity index (χ0v) is 13.0. The number of hydrogen-bond donors (Lipinski definition) is 0. The topological polar surface area (TPSA) is 43.4 Å². The third-order valence-electron chi connectivity index (χ3n) is 3.77. The normalized spacial score (nSPS) is 11.9. The lowest BCUT2D eigenvalue weighted by molar-refractivity contribution is 0.0319. The van der Waals surface area contributed by atoms with E-state index < -0.39 is 17.9 Å². The number of hydrogen-bond acceptors (Lipinski definition) is 3. The summed E-state index contributed by atoms with van der Waals surface area (Å²) in [5.41, 5.74) is 0.683. The molecule has 0 spiro atoms. The van der Waals surface area contributed by atoms with Gasteiger partial charge in [0.2, 0.25) is 5.78 Å². The first-order valence-corrected chi connectivity index (χ1v) is 7.54. The molecule has 0 radical (unpaired) electrons. The number of benzene rings is 3. The number of ether oxygens (including phenoxy) is 1. The van der Waals surface area contributed by atoms with E-state index in [4.69, 9.17) is 4.74 Å². The molecule has 0 bridgehead atoms. The number of esters is 1. The van der Waals surface area contributed by atoms with Gasteiger partial charge in [-0.3, -0.25) is 4.79 Å². The maximum atomic E-state index is 12.9. The van der Waals surface area contributed by atoms with Crippen LogP contribution < -0.4 is 0 Å². The third kappa shape index (κ3) is 3.33.